The van der Waals surface area contributed by atoms with Crippen molar-refractivity contribution in [2.75, 3.05) is 46.1 Å². The molecule has 5 heteroatoms. The number of ether oxygens (including phenoxy) is 3. The van der Waals surface area contributed by atoms with E-state index in [0.29, 0.717) is 19.8 Å². The first-order valence-corrected chi connectivity index (χ1v) is 8.56. The first kappa shape index (κ1) is 18.4. The first-order chi connectivity index (χ1) is 11.4. The molecule has 0 amide bonds. The number of hydrogen-bond acceptors (Lipinski definition) is 5. The van der Waals surface area contributed by atoms with Crippen molar-refractivity contribution in [3.05, 3.63) is 35.9 Å². The molecular formula is C18H29NO4. The molecule has 1 aromatic rings. The van der Waals surface area contributed by atoms with Gasteiger partial charge in [-0.05, 0) is 31.5 Å². The molecule has 2 rings (SSSR count). The average Bonchev–Trinajstić information content (AvgIpc) is 2.62. The molecule has 1 aliphatic rings. The number of aliphatic hydroxyl groups excluding tert-OH is 1. The second-order valence-corrected chi connectivity index (χ2v) is 5.79. The van der Waals surface area contributed by atoms with Crippen molar-refractivity contribution in [1.82, 2.24) is 4.90 Å². The summed E-state index contributed by atoms with van der Waals surface area (Å²) in [4.78, 5) is 2.45. The van der Waals surface area contributed by atoms with Gasteiger partial charge in [-0.25, -0.2) is 0 Å². The van der Waals surface area contributed by atoms with Gasteiger partial charge < -0.3 is 24.2 Å². The molecule has 5 nitrogen and oxygen atoms in total. The molecule has 0 spiro atoms. The Balaban J connectivity index is 1.48. The van der Waals surface area contributed by atoms with Crippen LogP contribution in [0.25, 0.3) is 0 Å². The topological polar surface area (TPSA) is 51.2 Å². The summed E-state index contributed by atoms with van der Waals surface area (Å²) in [5.41, 5.74) is 1.06. The van der Waals surface area contributed by atoms with Gasteiger partial charge in [-0.1, -0.05) is 36.8 Å². The third kappa shape index (κ3) is 7.90. The van der Waals surface area contributed by atoms with Gasteiger partial charge in [-0.2, -0.15) is 0 Å². The lowest BCUT2D eigenvalue weighted by Crippen LogP contribution is -2.33. The van der Waals surface area contributed by atoms with Gasteiger partial charge in [-0.15, -0.1) is 0 Å². The largest absolute Gasteiger partial charge is 0.391 e. The maximum atomic E-state index is 9.28. The predicted octanol–water partition coefficient (Wildman–Crippen LogP) is 2.04. The smallest absolute Gasteiger partial charge is 0.181 e. The van der Waals surface area contributed by atoms with E-state index >= 15 is 0 Å². The van der Waals surface area contributed by atoms with Gasteiger partial charge in [0.1, 0.15) is 0 Å². The third-order valence-electron chi connectivity index (χ3n) is 3.96. The number of hydrogen-bond donors (Lipinski definition) is 1. The van der Waals surface area contributed by atoms with Crippen molar-refractivity contribution in [2.45, 2.75) is 32.2 Å². The molecule has 1 atom stereocenters. The zero-order valence-corrected chi connectivity index (χ0v) is 13.9. The van der Waals surface area contributed by atoms with Crippen LogP contribution in [0.15, 0.2) is 30.3 Å². The lowest BCUT2D eigenvalue weighted by atomic mass is 10.1. The summed E-state index contributed by atoms with van der Waals surface area (Å²) in [6, 6.07) is 9.86. The van der Waals surface area contributed by atoms with Crippen LogP contribution in [0.4, 0.5) is 0 Å². The van der Waals surface area contributed by atoms with Crippen LogP contribution in [0.2, 0.25) is 0 Å². The molecule has 0 aromatic heterocycles. The Morgan fingerprint density at radius 3 is 2.48 bits per heavy atom. The van der Waals surface area contributed by atoms with Crippen molar-refractivity contribution < 1.29 is 19.3 Å². The van der Waals surface area contributed by atoms with E-state index in [9.17, 15) is 5.11 Å². The lowest BCUT2D eigenvalue weighted by Gasteiger charge is -2.26. The lowest BCUT2D eigenvalue weighted by molar-refractivity contribution is -0.175. The van der Waals surface area contributed by atoms with Crippen molar-refractivity contribution in [1.29, 1.82) is 0 Å². The summed E-state index contributed by atoms with van der Waals surface area (Å²) >= 11 is 0. The summed E-state index contributed by atoms with van der Waals surface area (Å²) in [5, 5.41) is 9.28. The fourth-order valence-corrected chi connectivity index (χ4v) is 2.63. The second-order valence-electron chi connectivity index (χ2n) is 5.79. The summed E-state index contributed by atoms with van der Waals surface area (Å²) in [6.45, 7) is 5.35. The minimum absolute atomic E-state index is 0.152. The van der Waals surface area contributed by atoms with E-state index in [1.54, 1.807) is 0 Å². The Morgan fingerprint density at radius 1 is 0.957 bits per heavy atom. The highest BCUT2D eigenvalue weighted by atomic mass is 16.7. The maximum Gasteiger partial charge on any atom is 0.181 e. The van der Waals surface area contributed by atoms with E-state index in [2.05, 4.69) is 4.90 Å². The van der Waals surface area contributed by atoms with Crippen LogP contribution >= 0.6 is 0 Å². The standard InChI is InChI=1S/C18H29NO4/c20-15-18(23-16-17-7-3-1-4-8-17)22-14-13-21-12-11-19-9-5-2-6-10-19/h1,3-4,7-8,18,20H,2,5-6,9-16H2. The highest BCUT2D eigenvalue weighted by Gasteiger charge is 2.10. The number of benzene rings is 1. The van der Waals surface area contributed by atoms with Gasteiger partial charge in [0.15, 0.2) is 6.29 Å². The third-order valence-corrected chi connectivity index (χ3v) is 3.96. The normalized spacial score (nSPS) is 17.3. The number of nitrogens with zero attached hydrogens (tertiary/aromatic N) is 1. The number of aliphatic hydroxyl groups is 1. The van der Waals surface area contributed by atoms with E-state index in [1.165, 1.54) is 32.4 Å². The Hall–Kier alpha value is -0.980. The summed E-state index contributed by atoms with van der Waals surface area (Å²) in [7, 11) is 0. The molecule has 1 aromatic carbocycles. The number of rotatable bonds is 11. The summed E-state index contributed by atoms with van der Waals surface area (Å²) in [6.07, 6.45) is 3.37. The van der Waals surface area contributed by atoms with Crippen LogP contribution < -0.4 is 0 Å². The van der Waals surface area contributed by atoms with Crippen LogP contribution in [-0.4, -0.2) is 62.4 Å². The second kappa shape index (κ2) is 11.5. The van der Waals surface area contributed by atoms with Crippen molar-refractivity contribution in [3.8, 4) is 0 Å². The zero-order valence-electron chi connectivity index (χ0n) is 13.9. The van der Waals surface area contributed by atoms with E-state index in [0.717, 1.165) is 18.7 Å². The molecule has 0 aliphatic carbocycles. The van der Waals surface area contributed by atoms with Crippen LogP contribution in [0.1, 0.15) is 24.8 Å². The fourth-order valence-electron chi connectivity index (χ4n) is 2.63. The van der Waals surface area contributed by atoms with Gasteiger partial charge in [0.2, 0.25) is 0 Å². The molecule has 1 aliphatic heterocycles. The van der Waals surface area contributed by atoms with E-state index < -0.39 is 6.29 Å². The molecule has 0 bridgehead atoms. The van der Waals surface area contributed by atoms with Gasteiger partial charge in [0.05, 0.1) is 33.0 Å². The molecule has 1 N–H and O–H groups in total. The molecule has 1 fully saturated rings. The highest BCUT2D eigenvalue weighted by molar-refractivity contribution is 5.13. The zero-order chi connectivity index (χ0) is 16.2. The minimum Gasteiger partial charge on any atom is -0.391 e. The van der Waals surface area contributed by atoms with Gasteiger partial charge in [0, 0.05) is 6.54 Å². The Bertz CT molecular complexity index is 395. The summed E-state index contributed by atoms with van der Waals surface area (Å²) < 4.78 is 16.6. The number of piperidine rings is 1. The van der Waals surface area contributed by atoms with Crippen molar-refractivity contribution >= 4 is 0 Å². The van der Waals surface area contributed by atoms with Crippen LogP contribution in [-0.2, 0) is 20.8 Å². The van der Waals surface area contributed by atoms with Gasteiger partial charge in [-0.3, -0.25) is 0 Å². The molecule has 130 valence electrons. The van der Waals surface area contributed by atoms with Gasteiger partial charge in [0.25, 0.3) is 0 Å². The SMILES string of the molecule is OCC(OCCOCCN1CCCCC1)OCc1ccccc1. The van der Waals surface area contributed by atoms with Crippen molar-refractivity contribution in [2.24, 2.45) is 0 Å². The molecule has 1 unspecified atom stereocenters. The molecule has 0 radical (unpaired) electrons. The van der Waals surface area contributed by atoms with Crippen molar-refractivity contribution in [3.63, 3.8) is 0 Å². The minimum atomic E-state index is -0.596. The fraction of sp³-hybridized carbons (Fsp3) is 0.667. The molecule has 1 saturated heterocycles. The first-order valence-electron chi connectivity index (χ1n) is 8.56. The van der Waals surface area contributed by atoms with Crippen LogP contribution in [0.5, 0.6) is 0 Å². The Morgan fingerprint density at radius 2 is 1.74 bits per heavy atom. The Labute approximate surface area is 139 Å². The van der Waals surface area contributed by atoms with E-state index in [-0.39, 0.29) is 6.61 Å². The monoisotopic (exact) mass is 323 g/mol. The van der Waals surface area contributed by atoms with Crippen LogP contribution in [0.3, 0.4) is 0 Å². The average molecular weight is 323 g/mol. The molecule has 1 heterocycles. The van der Waals surface area contributed by atoms with Crippen LogP contribution in [0, 0.1) is 0 Å². The Kier molecular flexibility index (Phi) is 9.21. The highest BCUT2D eigenvalue weighted by Crippen LogP contribution is 2.07. The van der Waals surface area contributed by atoms with Gasteiger partial charge >= 0.3 is 0 Å². The summed E-state index contributed by atoms with van der Waals surface area (Å²) in [5.74, 6) is 0. The molecule has 23 heavy (non-hydrogen) atoms. The molecule has 0 saturated carbocycles. The quantitative estimate of drug-likeness (QED) is 0.499. The van der Waals surface area contributed by atoms with E-state index in [4.69, 9.17) is 14.2 Å². The molecular weight excluding hydrogens is 294 g/mol. The number of likely N-dealkylation sites (tertiary alicyclic amines) is 1. The predicted molar refractivity (Wildman–Crippen MR) is 89.2 cm³/mol. The maximum absolute atomic E-state index is 9.28. The van der Waals surface area contributed by atoms with E-state index in [1.807, 2.05) is 30.3 Å².